The van der Waals surface area contributed by atoms with E-state index in [0.29, 0.717) is 17.6 Å². The number of benzene rings is 1. The molecule has 1 aromatic carbocycles. The van der Waals surface area contributed by atoms with Crippen molar-refractivity contribution in [3.05, 3.63) is 58.4 Å². The van der Waals surface area contributed by atoms with E-state index in [4.69, 9.17) is 21.3 Å². The molecular weight excluding hydrogens is 398 g/mol. The molecule has 2 atom stereocenters. The van der Waals surface area contributed by atoms with Crippen LogP contribution in [0.1, 0.15) is 49.0 Å². The van der Waals surface area contributed by atoms with Crippen molar-refractivity contribution >= 4 is 22.6 Å². The van der Waals surface area contributed by atoms with Gasteiger partial charge in [-0.1, -0.05) is 30.2 Å². The fraction of sp³-hybridized carbons (Fsp3) is 0.458. The van der Waals surface area contributed by atoms with E-state index in [2.05, 4.69) is 15.5 Å². The van der Waals surface area contributed by atoms with Crippen molar-refractivity contribution in [1.82, 2.24) is 14.5 Å². The second kappa shape index (κ2) is 7.56. The molecule has 2 aliphatic rings. The van der Waals surface area contributed by atoms with Crippen LogP contribution in [0, 0.1) is 0 Å². The predicted octanol–water partition coefficient (Wildman–Crippen LogP) is 4.69. The molecule has 0 bridgehead atoms. The van der Waals surface area contributed by atoms with Crippen molar-refractivity contribution in [2.45, 2.75) is 50.8 Å². The van der Waals surface area contributed by atoms with Gasteiger partial charge < -0.3 is 14.4 Å². The van der Waals surface area contributed by atoms with Crippen molar-refractivity contribution in [2.24, 2.45) is 0 Å². The van der Waals surface area contributed by atoms with Crippen molar-refractivity contribution in [2.75, 3.05) is 20.2 Å². The first-order valence-corrected chi connectivity index (χ1v) is 11.1. The van der Waals surface area contributed by atoms with Crippen LogP contribution in [0.5, 0.6) is 5.75 Å². The maximum Gasteiger partial charge on any atom is 0.140 e. The van der Waals surface area contributed by atoms with Crippen LogP contribution in [0.2, 0.25) is 5.02 Å². The Bertz CT molecular complexity index is 1070. The number of rotatable bonds is 4. The van der Waals surface area contributed by atoms with E-state index in [1.165, 1.54) is 30.5 Å². The number of fused-ring (bicyclic) bond motifs is 5. The molecular formula is C24H28ClN3O2. The molecule has 2 aromatic heterocycles. The molecule has 1 N–H and O–H groups in total. The third kappa shape index (κ3) is 3.29. The van der Waals surface area contributed by atoms with Crippen LogP contribution in [-0.2, 0) is 18.6 Å². The van der Waals surface area contributed by atoms with Gasteiger partial charge in [0.15, 0.2) is 0 Å². The van der Waals surface area contributed by atoms with Crippen molar-refractivity contribution in [3.8, 4) is 5.75 Å². The van der Waals surface area contributed by atoms with Gasteiger partial charge in [-0.05, 0) is 55.6 Å². The van der Waals surface area contributed by atoms with Gasteiger partial charge in [-0.2, -0.15) is 0 Å². The first-order chi connectivity index (χ1) is 14.5. The predicted molar refractivity (Wildman–Crippen MR) is 119 cm³/mol. The summed E-state index contributed by atoms with van der Waals surface area (Å²) in [7, 11) is 1.65. The van der Waals surface area contributed by atoms with Gasteiger partial charge in [-0.3, -0.25) is 4.90 Å². The van der Waals surface area contributed by atoms with Crippen LogP contribution in [0.3, 0.4) is 0 Å². The van der Waals surface area contributed by atoms with E-state index in [-0.39, 0.29) is 0 Å². The highest BCUT2D eigenvalue weighted by atomic mass is 35.5. The topological polar surface area (TPSA) is 50.5 Å². The Balaban J connectivity index is 1.61. The third-order valence-electron chi connectivity index (χ3n) is 6.78. The summed E-state index contributed by atoms with van der Waals surface area (Å²) in [6.45, 7) is 4.55. The van der Waals surface area contributed by atoms with Crippen molar-refractivity contribution in [3.63, 3.8) is 0 Å². The van der Waals surface area contributed by atoms with Gasteiger partial charge in [-0.25, -0.2) is 4.98 Å². The molecule has 158 valence electrons. The summed E-state index contributed by atoms with van der Waals surface area (Å²) in [5.41, 5.74) is 3.43. The highest BCUT2D eigenvalue weighted by molar-refractivity contribution is 6.31. The number of aliphatic hydroxyl groups is 1. The summed E-state index contributed by atoms with van der Waals surface area (Å²) in [4.78, 5) is 7.32. The zero-order valence-corrected chi connectivity index (χ0v) is 18.3. The van der Waals surface area contributed by atoms with Gasteiger partial charge in [0.05, 0.1) is 18.7 Å². The fourth-order valence-corrected chi connectivity index (χ4v) is 5.43. The number of methoxy groups -OCH3 is 1. The molecule has 1 fully saturated rings. The van der Waals surface area contributed by atoms with Crippen LogP contribution in [-0.4, -0.2) is 39.8 Å². The molecule has 2 unspecified atom stereocenters. The summed E-state index contributed by atoms with van der Waals surface area (Å²) in [6.07, 6.45) is 6.39. The Labute approximate surface area is 182 Å². The SMILES string of the molecule is COc1ccc(C(C)(O)Cn2c3c(c4cc(Cl)cnc42)C2CCCCN2CC3)cc1. The Hall–Kier alpha value is -2.08. The van der Waals surface area contributed by atoms with Gasteiger partial charge in [0.1, 0.15) is 17.0 Å². The van der Waals surface area contributed by atoms with Crippen LogP contribution >= 0.6 is 11.6 Å². The Kier molecular flexibility index (Phi) is 5.00. The molecule has 3 aromatic rings. The molecule has 1 saturated heterocycles. The molecule has 0 radical (unpaired) electrons. The summed E-state index contributed by atoms with van der Waals surface area (Å²) >= 11 is 6.36. The average Bonchev–Trinajstić information content (AvgIpc) is 3.06. The lowest BCUT2D eigenvalue weighted by Gasteiger charge is -2.40. The lowest BCUT2D eigenvalue weighted by Crippen LogP contribution is -2.39. The highest BCUT2D eigenvalue weighted by Gasteiger charge is 2.36. The molecule has 6 heteroatoms. The molecule has 5 nitrogen and oxygen atoms in total. The quantitative estimate of drug-likeness (QED) is 0.658. The molecule has 5 rings (SSSR count). The number of hydrogen-bond donors (Lipinski definition) is 1. The summed E-state index contributed by atoms with van der Waals surface area (Å²) < 4.78 is 7.50. The number of hydrogen-bond acceptors (Lipinski definition) is 4. The van der Waals surface area contributed by atoms with E-state index in [9.17, 15) is 5.11 Å². The van der Waals surface area contributed by atoms with Gasteiger partial charge >= 0.3 is 0 Å². The monoisotopic (exact) mass is 425 g/mol. The Morgan fingerprint density at radius 2 is 2.03 bits per heavy atom. The van der Waals surface area contributed by atoms with Crippen LogP contribution in [0.4, 0.5) is 0 Å². The molecule has 0 aliphatic carbocycles. The Morgan fingerprint density at radius 3 is 2.80 bits per heavy atom. The fourth-order valence-electron chi connectivity index (χ4n) is 5.27. The molecule has 0 saturated carbocycles. The van der Waals surface area contributed by atoms with Crippen molar-refractivity contribution < 1.29 is 9.84 Å². The van der Waals surface area contributed by atoms with E-state index < -0.39 is 5.60 Å². The number of nitrogens with zero attached hydrogens (tertiary/aromatic N) is 3. The maximum absolute atomic E-state index is 11.4. The van der Waals surface area contributed by atoms with Crippen LogP contribution in [0.25, 0.3) is 11.0 Å². The van der Waals surface area contributed by atoms with Gasteiger partial charge in [0, 0.05) is 36.3 Å². The zero-order valence-electron chi connectivity index (χ0n) is 17.6. The molecule has 0 spiro atoms. The minimum Gasteiger partial charge on any atom is -0.497 e. The number of piperidine rings is 1. The van der Waals surface area contributed by atoms with Gasteiger partial charge in [0.2, 0.25) is 0 Å². The summed E-state index contributed by atoms with van der Waals surface area (Å²) in [5.74, 6) is 0.784. The minimum atomic E-state index is -1.03. The normalized spacial score (nSPS) is 21.1. The lowest BCUT2D eigenvalue weighted by molar-refractivity contribution is 0.0377. The smallest absolute Gasteiger partial charge is 0.140 e. The molecule has 30 heavy (non-hydrogen) atoms. The molecule has 2 aliphatic heterocycles. The first-order valence-electron chi connectivity index (χ1n) is 10.8. The largest absolute Gasteiger partial charge is 0.497 e. The van der Waals surface area contributed by atoms with E-state index in [1.807, 2.05) is 31.2 Å². The van der Waals surface area contributed by atoms with E-state index in [1.54, 1.807) is 13.3 Å². The average molecular weight is 426 g/mol. The minimum absolute atomic E-state index is 0.428. The molecule has 4 heterocycles. The van der Waals surface area contributed by atoms with Gasteiger partial charge in [-0.15, -0.1) is 0 Å². The van der Waals surface area contributed by atoms with E-state index >= 15 is 0 Å². The second-order valence-corrected chi connectivity index (χ2v) is 9.21. The molecule has 0 amide bonds. The van der Waals surface area contributed by atoms with Crippen molar-refractivity contribution in [1.29, 1.82) is 0 Å². The maximum atomic E-state index is 11.4. The van der Waals surface area contributed by atoms with Crippen LogP contribution < -0.4 is 4.74 Å². The lowest BCUT2D eigenvalue weighted by atomic mass is 9.89. The van der Waals surface area contributed by atoms with Gasteiger partial charge in [0.25, 0.3) is 0 Å². The third-order valence-corrected chi connectivity index (χ3v) is 6.98. The zero-order chi connectivity index (χ0) is 20.9. The van der Waals surface area contributed by atoms with E-state index in [0.717, 1.165) is 41.9 Å². The number of halogens is 1. The Morgan fingerprint density at radius 1 is 1.23 bits per heavy atom. The summed E-state index contributed by atoms with van der Waals surface area (Å²) in [6, 6.07) is 10.1. The second-order valence-electron chi connectivity index (χ2n) is 8.77. The number of ether oxygens (including phenoxy) is 1. The number of pyridine rings is 1. The number of aromatic nitrogens is 2. The van der Waals surface area contributed by atoms with Crippen LogP contribution in [0.15, 0.2) is 36.5 Å². The first kappa shape index (κ1) is 19.9. The standard InChI is InChI=1S/C24H28ClN3O2/c1-24(29,16-6-8-18(30-2)9-7-16)15-28-21-10-12-27-11-4-3-5-20(27)22(21)19-13-17(25)14-26-23(19)28/h6-9,13-14,20,29H,3-5,10-12,15H2,1-2H3. The highest BCUT2D eigenvalue weighted by Crippen LogP contribution is 2.43. The summed E-state index contributed by atoms with van der Waals surface area (Å²) in [5, 5.41) is 13.2.